The first-order chi connectivity index (χ1) is 38.5. The average Bonchev–Trinajstić information content (AvgIpc) is 4.45. The maximum absolute atomic E-state index is 13.7. The van der Waals surface area contributed by atoms with Gasteiger partial charge in [0.2, 0.25) is 29.5 Å². The number of carbonyl (C=O) groups is 6. The van der Waals surface area contributed by atoms with E-state index < -0.39 is 44.9 Å². The summed E-state index contributed by atoms with van der Waals surface area (Å²) in [5.41, 5.74) is 6.32. The number of thiophene rings is 1. The van der Waals surface area contributed by atoms with Crippen molar-refractivity contribution in [3.63, 3.8) is 0 Å². The van der Waals surface area contributed by atoms with Crippen LogP contribution in [0.3, 0.4) is 0 Å². The monoisotopic (exact) mass is 1160 g/mol. The Bertz CT molecular complexity index is 3690. The molecule has 3 aliphatic heterocycles. The Hall–Kier alpha value is -7.40. The normalized spacial score (nSPS) is 20.5. The third-order valence-electron chi connectivity index (χ3n) is 15.8. The van der Waals surface area contributed by atoms with Crippen molar-refractivity contribution in [1.82, 2.24) is 35.3 Å². The number of fused-ring (bicyclic) bond motifs is 3. The summed E-state index contributed by atoms with van der Waals surface area (Å²) < 4.78 is 63.6. The maximum Gasteiger partial charge on any atom is 0.586 e. The van der Waals surface area contributed by atoms with Crippen molar-refractivity contribution in [3.05, 3.63) is 123 Å². The predicted molar refractivity (Wildman–Crippen MR) is 298 cm³/mol. The fourth-order valence-corrected chi connectivity index (χ4v) is 13.8. The Morgan fingerprint density at radius 2 is 1.57 bits per heavy atom. The van der Waals surface area contributed by atoms with Gasteiger partial charge in [0.1, 0.15) is 11.6 Å². The second-order valence-electron chi connectivity index (χ2n) is 21.7. The molecule has 5 aliphatic rings. The van der Waals surface area contributed by atoms with Crippen LogP contribution in [0.5, 0.6) is 11.5 Å². The average molecular weight is 1160 g/mol. The molecule has 4 fully saturated rings. The Morgan fingerprint density at radius 1 is 0.840 bits per heavy atom. The first kappa shape index (κ1) is 55.5. The quantitative estimate of drug-likeness (QED) is 0.0559. The van der Waals surface area contributed by atoms with Crippen LogP contribution in [0.15, 0.2) is 85.1 Å². The number of imide groups is 1. The van der Waals surface area contributed by atoms with Crippen LogP contribution in [0.2, 0.25) is 5.02 Å². The van der Waals surface area contributed by atoms with Gasteiger partial charge in [0.25, 0.3) is 5.91 Å². The molecule has 81 heavy (non-hydrogen) atoms. The van der Waals surface area contributed by atoms with Crippen LogP contribution in [0, 0.1) is 25.7 Å². The van der Waals surface area contributed by atoms with Crippen molar-refractivity contribution in [1.29, 1.82) is 0 Å². The fourth-order valence-electron chi connectivity index (χ4n) is 11.3. The lowest BCUT2D eigenvalue weighted by molar-refractivity contribution is -0.286. The van der Waals surface area contributed by atoms with Gasteiger partial charge in [-0.1, -0.05) is 35.9 Å². The summed E-state index contributed by atoms with van der Waals surface area (Å²) in [4.78, 5) is 94.3. The van der Waals surface area contributed by atoms with E-state index in [-0.39, 0.29) is 96.5 Å². The highest BCUT2D eigenvalue weighted by Crippen LogP contribution is 2.53. The van der Waals surface area contributed by atoms with E-state index in [0.717, 1.165) is 42.9 Å². The number of hydrogen-bond donors (Lipinski definition) is 3. The third kappa shape index (κ3) is 11.5. The van der Waals surface area contributed by atoms with Gasteiger partial charge in [0.05, 0.1) is 45.5 Å². The number of alkyl halides is 2. The number of nitrogens with zero attached hydrogens (tertiary/aromatic N) is 5. The van der Waals surface area contributed by atoms with E-state index in [0.29, 0.717) is 60.7 Å². The molecule has 422 valence electrons. The Morgan fingerprint density at radius 3 is 2.31 bits per heavy atom. The van der Waals surface area contributed by atoms with Crippen molar-refractivity contribution >= 4 is 84.3 Å². The van der Waals surface area contributed by atoms with Crippen LogP contribution in [0.1, 0.15) is 77.0 Å². The molecule has 3 aromatic heterocycles. The highest BCUT2D eigenvalue weighted by Gasteiger charge is 2.59. The summed E-state index contributed by atoms with van der Waals surface area (Å²) in [6.45, 7) is 9.28. The molecule has 0 radical (unpaired) electrons. The summed E-state index contributed by atoms with van der Waals surface area (Å²) in [5.74, 6) is -3.84. The van der Waals surface area contributed by atoms with E-state index in [1.807, 2.05) is 52.0 Å². The summed E-state index contributed by atoms with van der Waals surface area (Å²) in [7, 11) is -3.99. The molecule has 4 atom stereocenters. The number of benzene rings is 3. The lowest BCUT2D eigenvalue weighted by Crippen LogP contribution is -2.57. The molecule has 2 unspecified atom stereocenters. The van der Waals surface area contributed by atoms with Gasteiger partial charge in [-0.2, -0.15) is 0 Å². The van der Waals surface area contributed by atoms with Gasteiger partial charge in [-0.25, -0.2) is 13.4 Å². The van der Waals surface area contributed by atoms with Crippen LogP contribution in [-0.4, -0.2) is 125 Å². The van der Waals surface area contributed by atoms with Crippen molar-refractivity contribution in [2.75, 3.05) is 43.0 Å². The van der Waals surface area contributed by atoms with Crippen LogP contribution in [0.25, 0.3) is 32.6 Å². The summed E-state index contributed by atoms with van der Waals surface area (Å²) in [6.07, 6.45) is -0.711. The summed E-state index contributed by atoms with van der Waals surface area (Å²) in [6, 6.07) is 21.9. The number of anilines is 1. The summed E-state index contributed by atoms with van der Waals surface area (Å²) >= 11 is 8.21. The zero-order valence-electron chi connectivity index (χ0n) is 44.6. The molecular weight excluding hydrogens is 1110 g/mol. The predicted octanol–water partition coefficient (Wildman–Crippen LogP) is 7.56. The molecule has 11 rings (SSSR count). The molecule has 3 aromatic carbocycles. The molecule has 3 N–H and O–H groups in total. The van der Waals surface area contributed by atoms with E-state index in [4.69, 9.17) is 11.6 Å². The second-order valence-corrected chi connectivity index (χ2v) is 25.4. The van der Waals surface area contributed by atoms with Crippen LogP contribution < -0.4 is 25.4 Å². The van der Waals surface area contributed by atoms with Gasteiger partial charge in [-0.3, -0.25) is 43.6 Å². The number of likely N-dealkylation sites (tertiary alicyclic amines) is 1. The van der Waals surface area contributed by atoms with E-state index >= 15 is 0 Å². The number of hydrogen-bond acceptors (Lipinski definition) is 14. The zero-order valence-corrected chi connectivity index (χ0v) is 47.0. The van der Waals surface area contributed by atoms with Crippen molar-refractivity contribution in [3.8, 4) is 33.9 Å². The highest BCUT2D eigenvalue weighted by atomic mass is 35.5. The number of piperazine rings is 1. The van der Waals surface area contributed by atoms with Gasteiger partial charge in [0, 0.05) is 84.0 Å². The highest BCUT2D eigenvalue weighted by molar-refractivity contribution is 7.92. The van der Waals surface area contributed by atoms with Gasteiger partial charge in [0.15, 0.2) is 21.3 Å². The minimum atomic E-state index is -3.99. The molecule has 6 aromatic rings. The molecule has 0 spiro atoms. The Labute approximate surface area is 474 Å². The lowest BCUT2D eigenvalue weighted by atomic mass is 9.94. The molecule has 6 heterocycles. The number of carbonyl (C=O) groups excluding carboxylic acids is 6. The standard InChI is InChI=1S/C58H57ClF2N8O10S2/c1-31-8-11-48(66-56(75)57(14-15-57)37-9-10-46-47(22-37)79-58(60,61)78-46)65-51(31)35-6-5-7-36(21-35)53(72)64-18-17-63-49(70)30-81(76,77)19-13-50(71)67-26-33(3)68(34(4)27-67)29-44-32(2)20-38(59)23-41(44)40-12-16-62-45-24-39(80-52(40)45)28-69-54(73)42-25-43(42)55(69)74/h5-12,16,20-24,33-34,42-43H,13-15,17-19,25-30H2,1-4H3,(H,63,70)(H,64,72)(H,65,66,75)/t33-,34-,42?,43?/m0/s1. The molecule has 18 nitrogen and oxygen atoms in total. The van der Waals surface area contributed by atoms with Gasteiger partial charge >= 0.3 is 6.29 Å². The van der Waals surface area contributed by atoms with Crippen molar-refractivity contribution in [2.24, 2.45) is 11.8 Å². The minimum Gasteiger partial charge on any atom is -0.395 e. The van der Waals surface area contributed by atoms with E-state index in [1.54, 1.807) is 53.6 Å². The first-order valence-electron chi connectivity index (χ1n) is 26.7. The van der Waals surface area contributed by atoms with Gasteiger partial charge < -0.3 is 30.3 Å². The van der Waals surface area contributed by atoms with Crippen LogP contribution >= 0.6 is 22.9 Å². The minimum absolute atomic E-state index is 0.0162. The van der Waals surface area contributed by atoms with E-state index in [9.17, 15) is 46.0 Å². The number of rotatable bonds is 18. The van der Waals surface area contributed by atoms with E-state index in [2.05, 4.69) is 40.3 Å². The SMILES string of the molecule is Cc1ccc(NC(=O)C2(c3ccc4c(c3)OC(F)(F)O4)CC2)nc1-c1cccc(C(=O)NCCNC(=O)CS(=O)(=O)CCC(=O)N2C[C@H](C)N(Cc3c(C)cc(Cl)cc3-c3ccnc4cc(CN5C(=O)C6CC6C5=O)sc34)[C@@H](C)C2)c1. The maximum atomic E-state index is 13.7. The molecular formula is C58H57ClF2N8O10S2. The third-order valence-corrected chi connectivity index (χ3v) is 18.7. The number of aryl methyl sites for hydroxylation is 2. The number of aromatic nitrogens is 2. The molecule has 6 amide bonds. The van der Waals surface area contributed by atoms with Crippen molar-refractivity contribution in [2.45, 2.75) is 90.3 Å². The number of piperidine rings is 1. The molecule has 0 bridgehead atoms. The smallest absolute Gasteiger partial charge is 0.395 e. The Balaban J connectivity index is 0.638. The molecule has 2 saturated heterocycles. The number of halogens is 3. The van der Waals surface area contributed by atoms with Gasteiger partial charge in [-0.15, -0.1) is 20.1 Å². The largest absolute Gasteiger partial charge is 0.586 e. The first-order valence-corrected chi connectivity index (χ1v) is 29.7. The number of ether oxygens (including phenoxy) is 2. The number of amides is 6. The van der Waals surface area contributed by atoms with Crippen molar-refractivity contribution < 1.29 is 55.4 Å². The zero-order chi connectivity index (χ0) is 57.3. The molecule has 2 aliphatic carbocycles. The molecule has 2 saturated carbocycles. The Kier molecular flexibility index (Phi) is 14.7. The van der Waals surface area contributed by atoms with Crippen LogP contribution in [-0.2, 0) is 52.3 Å². The second kappa shape index (κ2) is 21.5. The fraction of sp³-hybridized carbons (Fsp3) is 0.379. The number of sulfone groups is 1. The van der Waals surface area contributed by atoms with Crippen LogP contribution in [0.4, 0.5) is 14.6 Å². The van der Waals surface area contributed by atoms with E-state index in [1.165, 1.54) is 28.4 Å². The number of pyridine rings is 2. The molecule has 23 heteroatoms. The van der Waals surface area contributed by atoms with Gasteiger partial charge in [-0.05, 0) is 129 Å². The number of nitrogens with one attached hydrogen (secondary N) is 3. The summed E-state index contributed by atoms with van der Waals surface area (Å²) in [5, 5.41) is 8.69. The lowest BCUT2D eigenvalue weighted by Gasteiger charge is -2.45. The topological polar surface area (TPSA) is 227 Å².